The van der Waals surface area contributed by atoms with Gasteiger partial charge in [-0.05, 0) is 92.4 Å². The number of nitrogens with zero attached hydrogens (tertiary/aromatic N) is 2. The van der Waals surface area contributed by atoms with Gasteiger partial charge in [-0.1, -0.05) is 159 Å². The lowest BCUT2D eigenvalue weighted by Crippen LogP contribution is -2.44. The van der Waals surface area contributed by atoms with Crippen molar-refractivity contribution in [2.45, 2.75) is 43.4 Å². The summed E-state index contributed by atoms with van der Waals surface area (Å²) in [5.74, 6) is 1.37. The molecule has 7 aromatic rings. The normalized spacial score (nSPS) is 21.0. The highest BCUT2D eigenvalue weighted by Crippen LogP contribution is 2.64. The van der Waals surface area contributed by atoms with E-state index in [1.807, 2.05) is 0 Å². The quantitative estimate of drug-likeness (QED) is 0.184. The molecule has 1 spiro atoms. The summed E-state index contributed by atoms with van der Waals surface area (Å²) < 4.78 is 0. The Morgan fingerprint density at radius 3 is 2.11 bits per heavy atom. The van der Waals surface area contributed by atoms with E-state index in [1.54, 1.807) is 0 Å². The first kappa shape index (κ1) is 31.4. The smallest absolute Gasteiger partial charge is 0.160 e. The molecule has 3 unspecified atom stereocenters. The van der Waals surface area contributed by atoms with Gasteiger partial charge in [0.2, 0.25) is 0 Å². The molecule has 4 aliphatic rings. The maximum absolute atomic E-state index is 5.39. The van der Waals surface area contributed by atoms with Crippen molar-refractivity contribution in [3.05, 3.63) is 208 Å². The van der Waals surface area contributed by atoms with Crippen LogP contribution in [0.5, 0.6) is 0 Å². The summed E-state index contributed by atoms with van der Waals surface area (Å²) in [6.07, 6.45) is 16.0. The molecule has 0 fully saturated rings. The van der Waals surface area contributed by atoms with Gasteiger partial charge in [0.25, 0.3) is 0 Å². The summed E-state index contributed by atoms with van der Waals surface area (Å²) in [4.78, 5) is 10.7. The Bertz CT molecular complexity index is 2780. The van der Waals surface area contributed by atoms with Gasteiger partial charge in [-0.25, -0.2) is 9.97 Å². The molecule has 2 heteroatoms. The third kappa shape index (κ3) is 4.46. The Morgan fingerprint density at radius 2 is 1.24 bits per heavy atom. The van der Waals surface area contributed by atoms with E-state index in [0.29, 0.717) is 5.92 Å². The summed E-state index contributed by atoms with van der Waals surface area (Å²) in [6, 6.07) is 49.8. The lowest BCUT2D eigenvalue weighted by atomic mass is 9.53. The van der Waals surface area contributed by atoms with Crippen molar-refractivity contribution in [1.82, 2.24) is 9.97 Å². The maximum Gasteiger partial charge on any atom is 0.160 e. The fraction of sp³-hybridized carbons (Fsp3) is 0.154. The average molecular weight is 693 g/mol. The van der Waals surface area contributed by atoms with Crippen molar-refractivity contribution >= 4 is 16.8 Å². The van der Waals surface area contributed by atoms with Gasteiger partial charge in [0.1, 0.15) is 0 Å². The molecular formula is C52H40N2. The molecule has 54 heavy (non-hydrogen) atoms. The van der Waals surface area contributed by atoms with E-state index < -0.39 is 0 Å². The van der Waals surface area contributed by atoms with Crippen LogP contribution in [0.2, 0.25) is 0 Å². The minimum absolute atomic E-state index is 0.225. The molecule has 11 rings (SSSR count). The molecule has 0 amide bonds. The van der Waals surface area contributed by atoms with Gasteiger partial charge < -0.3 is 0 Å². The van der Waals surface area contributed by atoms with Crippen molar-refractivity contribution in [2.24, 2.45) is 5.92 Å². The molecule has 1 aromatic heterocycles. The zero-order chi connectivity index (χ0) is 36.0. The number of benzene rings is 6. The summed E-state index contributed by atoms with van der Waals surface area (Å²) >= 11 is 0. The van der Waals surface area contributed by atoms with Crippen molar-refractivity contribution < 1.29 is 0 Å². The lowest BCUT2D eigenvalue weighted by Gasteiger charge is -2.49. The Balaban J connectivity index is 1.14. The number of aryl methyl sites for hydroxylation is 1. The molecule has 2 nitrogen and oxygen atoms in total. The van der Waals surface area contributed by atoms with Crippen molar-refractivity contribution in [1.29, 1.82) is 0 Å². The number of allylic oxidation sites excluding steroid dienone is 5. The van der Waals surface area contributed by atoms with E-state index in [0.717, 1.165) is 46.7 Å². The molecular weight excluding hydrogens is 653 g/mol. The molecule has 258 valence electrons. The Kier molecular flexibility index (Phi) is 6.80. The van der Waals surface area contributed by atoms with E-state index in [2.05, 4.69) is 184 Å². The van der Waals surface area contributed by atoms with Gasteiger partial charge in [0, 0.05) is 33.9 Å². The number of hydrogen-bond donors (Lipinski definition) is 0. The van der Waals surface area contributed by atoms with Crippen LogP contribution < -0.4 is 0 Å². The van der Waals surface area contributed by atoms with Crippen LogP contribution in [0.15, 0.2) is 164 Å². The van der Waals surface area contributed by atoms with Gasteiger partial charge in [0.15, 0.2) is 5.82 Å². The van der Waals surface area contributed by atoms with Crippen LogP contribution in [-0.2, 0) is 17.3 Å². The number of rotatable bonds is 3. The summed E-state index contributed by atoms with van der Waals surface area (Å²) in [6.45, 7) is 4.81. The van der Waals surface area contributed by atoms with Gasteiger partial charge >= 0.3 is 0 Å². The van der Waals surface area contributed by atoms with E-state index in [9.17, 15) is 0 Å². The van der Waals surface area contributed by atoms with Gasteiger partial charge in [0.05, 0.1) is 16.8 Å². The molecule has 0 saturated carbocycles. The van der Waals surface area contributed by atoms with Crippen LogP contribution in [0, 0.1) is 5.92 Å². The molecule has 4 aliphatic carbocycles. The lowest BCUT2D eigenvalue weighted by molar-refractivity contribution is 0.420. The molecule has 0 saturated heterocycles. The number of hydrogen-bond acceptors (Lipinski definition) is 2. The highest BCUT2D eigenvalue weighted by atomic mass is 14.9. The van der Waals surface area contributed by atoms with Crippen molar-refractivity contribution in [3.8, 4) is 33.9 Å². The first-order chi connectivity index (χ1) is 26.5. The largest absolute Gasteiger partial charge is 0.228 e. The monoisotopic (exact) mass is 692 g/mol. The summed E-state index contributed by atoms with van der Waals surface area (Å²) in [5.41, 5.74) is 15.7. The molecule has 0 bridgehead atoms. The van der Waals surface area contributed by atoms with Crippen LogP contribution in [0.1, 0.15) is 70.7 Å². The van der Waals surface area contributed by atoms with Gasteiger partial charge in [-0.3, -0.25) is 0 Å². The van der Waals surface area contributed by atoms with E-state index in [-0.39, 0.29) is 16.7 Å². The number of aromatic nitrogens is 2. The molecule has 1 heterocycles. The zero-order valence-corrected chi connectivity index (χ0v) is 30.6. The maximum atomic E-state index is 5.39. The van der Waals surface area contributed by atoms with E-state index in [1.165, 1.54) is 55.3 Å². The summed E-state index contributed by atoms with van der Waals surface area (Å²) in [7, 11) is 0. The van der Waals surface area contributed by atoms with Crippen LogP contribution in [-0.4, -0.2) is 9.97 Å². The topological polar surface area (TPSA) is 25.8 Å². The minimum Gasteiger partial charge on any atom is -0.228 e. The van der Waals surface area contributed by atoms with E-state index >= 15 is 0 Å². The Hall–Kier alpha value is -6.12. The average Bonchev–Trinajstić information content (AvgIpc) is 3.53. The predicted octanol–water partition coefficient (Wildman–Crippen LogP) is 12.4. The van der Waals surface area contributed by atoms with E-state index in [4.69, 9.17) is 9.97 Å². The van der Waals surface area contributed by atoms with Crippen LogP contribution >= 0.6 is 0 Å². The standard InChI is InChI=1S/C52H40N2/c1-51(2)44-21-11-12-22-45(44)52(42-19-9-7-17-40(42)41-18-8-10-20-43(41)52)46-28-27-38(31-47(46)51)49-32-48(37-25-23-33-13-3-5-15-35(33)29-37)53-50(54-49)39-26-24-34-14-4-6-16-36(34)30-39/h3-5,7-15,17-32,40,42H,6,16H2,1-2H3. The third-order valence-corrected chi connectivity index (χ3v) is 12.9. The highest BCUT2D eigenvalue weighted by Gasteiger charge is 2.57. The van der Waals surface area contributed by atoms with Gasteiger partial charge in [-0.15, -0.1) is 0 Å². The molecule has 6 aromatic carbocycles. The predicted molar refractivity (Wildman–Crippen MR) is 223 cm³/mol. The Labute approximate surface area is 317 Å². The fourth-order valence-corrected chi connectivity index (χ4v) is 10.3. The first-order valence-electron chi connectivity index (χ1n) is 19.4. The molecule has 3 atom stereocenters. The zero-order valence-electron chi connectivity index (χ0n) is 30.6. The number of fused-ring (bicyclic) bond motifs is 11. The SMILES string of the molecule is CC1(C)c2ccccc2C2(c3ccccc3C3C=CC=CC32)c2ccc(-c3cc(-c4ccc5ccccc5c4)nc(-c4ccc5c(c4)CCC=C5)n3)cc21. The second kappa shape index (κ2) is 11.7. The minimum atomic E-state index is -0.298. The van der Waals surface area contributed by atoms with Crippen LogP contribution in [0.25, 0.3) is 50.8 Å². The van der Waals surface area contributed by atoms with Crippen molar-refractivity contribution in [3.63, 3.8) is 0 Å². The first-order valence-corrected chi connectivity index (χ1v) is 19.4. The summed E-state index contributed by atoms with van der Waals surface area (Å²) in [5, 5.41) is 2.43. The Morgan fingerprint density at radius 1 is 0.556 bits per heavy atom. The second-order valence-electron chi connectivity index (χ2n) is 16.0. The molecule has 0 aliphatic heterocycles. The highest BCUT2D eigenvalue weighted by molar-refractivity contribution is 5.87. The molecule has 0 radical (unpaired) electrons. The fourth-order valence-electron chi connectivity index (χ4n) is 10.3. The third-order valence-electron chi connectivity index (χ3n) is 12.9. The van der Waals surface area contributed by atoms with Crippen LogP contribution in [0.3, 0.4) is 0 Å². The second-order valence-corrected chi connectivity index (χ2v) is 16.0. The molecule has 0 N–H and O–H groups in total. The van der Waals surface area contributed by atoms with Gasteiger partial charge in [-0.2, -0.15) is 0 Å². The van der Waals surface area contributed by atoms with Crippen molar-refractivity contribution in [2.75, 3.05) is 0 Å². The van der Waals surface area contributed by atoms with Crippen LogP contribution in [0.4, 0.5) is 0 Å².